The zero-order valence-electron chi connectivity index (χ0n) is 11.6. The van der Waals surface area contributed by atoms with Crippen molar-refractivity contribution in [2.45, 2.75) is 32.1 Å². The van der Waals surface area contributed by atoms with Gasteiger partial charge in [0.05, 0.1) is 4.90 Å². The van der Waals surface area contributed by atoms with Crippen molar-refractivity contribution in [3.8, 4) is 5.75 Å². The van der Waals surface area contributed by atoms with Gasteiger partial charge >= 0.3 is 51.4 Å². The third kappa shape index (κ3) is 4.98. The van der Waals surface area contributed by atoms with Crippen molar-refractivity contribution in [2.75, 3.05) is 0 Å². The Bertz CT molecular complexity index is 500. The van der Waals surface area contributed by atoms with Gasteiger partial charge in [-0.15, -0.1) is 0 Å². The van der Waals surface area contributed by atoms with Gasteiger partial charge in [-0.3, -0.25) is 4.55 Å². The van der Waals surface area contributed by atoms with Crippen molar-refractivity contribution in [2.24, 2.45) is 5.92 Å². The predicted octanol–water partition coefficient (Wildman–Crippen LogP) is -0.738. The van der Waals surface area contributed by atoms with E-state index in [1.54, 1.807) is 0 Å². The molecule has 0 aliphatic carbocycles. The summed E-state index contributed by atoms with van der Waals surface area (Å²) in [6.07, 6.45) is 0.564. The van der Waals surface area contributed by atoms with E-state index in [1.807, 2.05) is 13.8 Å². The molecule has 0 radical (unpaired) electrons. The monoisotopic (exact) mass is 284 g/mol. The zero-order valence-corrected chi connectivity index (χ0v) is 14.5. The summed E-state index contributed by atoms with van der Waals surface area (Å²) in [6.45, 7) is 5.46. The van der Waals surface area contributed by atoms with Crippen LogP contribution in [-0.4, -0.2) is 18.1 Å². The van der Waals surface area contributed by atoms with Crippen LogP contribution in [0.2, 0.25) is 0 Å². The maximum absolute atomic E-state index is 11.1. The molecule has 0 fully saturated rings. The van der Waals surface area contributed by atoms with Crippen LogP contribution >= 0.6 is 0 Å². The molecule has 17 heavy (non-hydrogen) atoms. The van der Waals surface area contributed by atoms with Crippen LogP contribution in [0.1, 0.15) is 26.4 Å². The van der Waals surface area contributed by atoms with Crippen LogP contribution in [0, 0.1) is 12.8 Å². The van der Waals surface area contributed by atoms with Crippen LogP contribution in [0.5, 0.6) is 5.75 Å². The standard InChI is InChI=1S/C11H16O4S.K.H/c1-7(2)4-9-6-11(16(13,14)15)8(3)5-10(9)12;;/h5-7,12H,4H2,1-3H3,(H,13,14,15);;/q;+1;-1. The van der Waals surface area contributed by atoms with E-state index in [0.29, 0.717) is 23.5 Å². The maximum atomic E-state index is 11.1. The predicted molar refractivity (Wildman–Crippen MR) is 62.3 cm³/mol. The number of aromatic hydroxyl groups is 1. The Morgan fingerprint density at radius 1 is 1.35 bits per heavy atom. The summed E-state index contributed by atoms with van der Waals surface area (Å²) < 4.78 is 31.2. The average molecular weight is 284 g/mol. The molecule has 0 unspecified atom stereocenters. The topological polar surface area (TPSA) is 74.6 Å². The van der Waals surface area contributed by atoms with Crippen molar-refractivity contribution >= 4 is 10.1 Å². The molecule has 0 bridgehead atoms. The van der Waals surface area contributed by atoms with E-state index in [4.69, 9.17) is 4.55 Å². The molecule has 0 saturated heterocycles. The van der Waals surface area contributed by atoms with Crippen molar-refractivity contribution < 1.29 is 70.9 Å². The number of benzene rings is 1. The molecule has 0 saturated carbocycles. The normalized spacial score (nSPS) is 11.4. The molecule has 6 heteroatoms. The van der Waals surface area contributed by atoms with E-state index < -0.39 is 10.1 Å². The summed E-state index contributed by atoms with van der Waals surface area (Å²) in [6, 6.07) is 2.70. The largest absolute Gasteiger partial charge is 1.00 e. The molecule has 0 spiro atoms. The Morgan fingerprint density at radius 2 is 1.88 bits per heavy atom. The minimum absolute atomic E-state index is 0. The Balaban J connectivity index is 0. The zero-order chi connectivity index (χ0) is 12.5. The summed E-state index contributed by atoms with van der Waals surface area (Å²) in [4.78, 5) is -0.138. The molecule has 92 valence electrons. The van der Waals surface area contributed by atoms with Gasteiger partial charge in [0, 0.05) is 0 Å². The molecule has 0 aliphatic heterocycles. The number of phenolic OH excluding ortho intramolecular Hbond substituents is 1. The van der Waals surface area contributed by atoms with Crippen LogP contribution < -0.4 is 51.4 Å². The van der Waals surface area contributed by atoms with Gasteiger partial charge < -0.3 is 6.53 Å². The van der Waals surface area contributed by atoms with E-state index in [-0.39, 0.29) is 63.5 Å². The molecule has 2 N–H and O–H groups in total. The maximum Gasteiger partial charge on any atom is 1.00 e. The summed E-state index contributed by atoms with van der Waals surface area (Å²) >= 11 is 0. The van der Waals surface area contributed by atoms with Crippen LogP contribution in [-0.2, 0) is 16.5 Å². The molecule has 4 nitrogen and oxygen atoms in total. The minimum atomic E-state index is -4.22. The molecule has 0 aromatic heterocycles. The van der Waals surface area contributed by atoms with E-state index >= 15 is 0 Å². The number of aryl methyl sites for hydroxylation is 1. The summed E-state index contributed by atoms with van der Waals surface area (Å²) in [5.74, 6) is 0.362. The van der Waals surface area contributed by atoms with Crippen LogP contribution in [0.3, 0.4) is 0 Å². The van der Waals surface area contributed by atoms with Gasteiger partial charge in [0.25, 0.3) is 10.1 Å². The van der Waals surface area contributed by atoms with Crippen LogP contribution in [0.25, 0.3) is 0 Å². The first-order valence-corrected chi connectivity index (χ1v) is 6.45. The Hall–Kier alpha value is 0.566. The van der Waals surface area contributed by atoms with Gasteiger partial charge in [0.15, 0.2) is 0 Å². The van der Waals surface area contributed by atoms with E-state index in [0.717, 1.165) is 0 Å². The second-order valence-corrected chi connectivity index (χ2v) is 5.71. The third-order valence-corrected chi connectivity index (χ3v) is 3.28. The first-order valence-electron chi connectivity index (χ1n) is 5.01. The van der Waals surface area contributed by atoms with Gasteiger partial charge in [-0.1, -0.05) is 13.8 Å². The Labute approximate surface area is 146 Å². The van der Waals surface area contributed by atoms with Gasteiger partial charge in [0.1, 0.15) is 5.75 Å². The Kier molecular flexibility index (Phi) is 6.87. The fourth-order valence-corrected chi connectivity index (χ4v) is 2.35. The van der Waals surface area contributed by atoms with Crippen molar-refractivity contribution in [3.05, 3.63) is 23.3 Å². The summed E-state index contributed by atoms with van der Waals surface area (Å²) in [5, 5.41) is 9.65. The van der Waals surface area contributed by atoms with Gasteiger partial charge in [-0.2, -0.15) is 8.42 Å². The van der Waals surface area contributed by atoms with Crippen LogP contribution in [0.4, 0.5) is 0 Å². The number of hydrogen-bond donors (Lipinski definition) is 2. The first-order chi connectivity index (χ1) is 7.21. The molecule has 0 aliphatic rings. The van der Waals surface area contributed by atoms with Gasteiger partial charge in [-0.25, -0.2) is 0 Å². The molecule has 0 amide bonds. The quantitative estimate of drug-likeness (QED) is 0.566. The molecular formula is C11H17KO4S. The van der Waals surface area contributed by atoms with E-state index in [1.165, 1.54) is 19.1 Å². The second-order valence-electron chi connectivity index (χ2n) is 4.32. The van der Waals surface area contributed by atoms with Crippen molar-refractivity contribution in [3.63, 3.8) is 0 Å². The SMILES string of the molecule is Cc1cc(O)c(CC(C)C)cc1S(=O)(=O)O.[H-].[K+]. The van der Waals surface area contributed by atoms with Crippen molar-refractivity contribution in [1.29, 1.82) is 0 Å². The third-order valence-electron chi connectivity index (χ3n) is 2.28. The fourth-order valence-electron chi connectivity index (χ4n) is 1.60. The molecule has 0 atom stereocenters. The first kappa shape index (κ1) is 17.6. The number of phenols is 1. The van der Waals surface area contributed by atoms with E-state index in [9.17, 15) is 13.5 Å². The molecule has 1 aromatic rings. The van der Waals surface area contributed by atoms with Gasteiger partial charge in [0.2, 0.25) is 0 Å². The average Bonchev–Trinajstić information content (AvgIpc) is 2.06. The smallest absolute Gasteiger partial charge is 1.00 e. The fraction of sp³-hybridized carbons (Fsp3) is 0.455. The molecular weight excluding hydrogens is 267 g/mol. The molecule has 1 aromatic carbocycles. The van der Waals surface area contributed by atoms with Crippen molar-refractivity contribution in [1.82, 2.24) is 0 Å². The second kappa shape index (κ2) is 6.65. The van der Waals surface area contributed by atoms with Crippen LogP contribution in [0.15, 0.2) is 17.0 Å². The number of hydrogen-bond acceptors (Lipinski definition) is 3. The van der Waals surface area contributed by atoms with Gasteiger partial charge in [-0.05, 0) is 42.5 Å². The minimum Gasteiger partial charge on any atom is -1.00 e. The Morgan fingerprint density at radius 3 is 2.29 bits per heavy atom. The molecule has 0 heterocycles. The molecule has 1 rings (SSSR count). The number of rotatable bonds is 3. The van der Waals surface area contributed by atoms with E-state index in [2.05, 4.69) is 0 Å². The summed E-state index contributed by atoms with van der Waals surface area (Å²) in [7, 11) is -4.22. The summed E-state index contributed by atoms with van der Waals surface area (Å²) in [5.41, 5.74) is 0.876.